The van der Waals surface area contributed by atoms with Crippen molar-refractivity contribution in [1.82, 2.24) is 4.90 Å². The summed E-state index contributed by atoms with van der Waals surface area (Å²) in [6.45, 7) is 0.914. The van der Waals surface area contributed by atoms with Crippen LogP contribution >= 0.6 is 34.8 Å². The van der Waals surface area contributed by atoms with E-state index >= 15 is 0 Å². The summed E-state index contributed by atoms with van der Waals surface area (Å²) in [5.74, 6) is -1.68. The predicted octanol–water partition coefficient (Wildman–Crippen LogP) is 4.21. The Morgan fingerprint density at radius 3 is 2.15 bits per heavy atom. The molecule has 1 aliphatic rings. The third-order valence-electron chi connectivity index (χ3n) is 3.82. The van der Waals surface area contributed by atoms with Gasteiger partial charge in [0.15, 0.2) is 12.8 Å². The molecule has 2 aromatic rings. The topological polar surface area (TPSA) is 72.9 Å². The van der Waals surface area contributed by atoms with E-state index in [1.165, 1.54) is 31.2 Å². The minimum atomic E-state index is -1.06. The second kappa shape index (κ2) is 7.76. The highest BCUT2D eigenvalue weighted by Crippen LogP contribution is 2.34. The van der Waals surface area contributed by atoms with E-state index in [1.54, 1.807) is 12.1 Å². The summed E-state index contributed by atoms with van der Waals surface area (Å²) in [4.78, 5) is 37.5. The van der Waals surface area contributed by atoms with Gasteiger partial charge in [0.05, 0.1) is 26.2 Å². The molecule has 6 nitrogen and oxygen atoms in total. The van der Waals surface area contributed by atoms with E-state index in [1.807, 2.05) is 0 Å². The van der Waals surface area contributed by atoms with Crippen molar-refractivity contribution in [3.05, 3.63) is 62.6 Å². The van der Waals surface area contributed by atoms with Crippen molar-refractivity contribution in [2.75, 3.05) is 6.73 Å². The molecule has 0 bridgehead atoms. The van der Waals surface area contributed by atoms with Gasteiger partial charge in [-0.2, -0.15) is 0 Å². The molecule has 2 amide bonds. The maximum Gasteiger partial charge on any atom is 0.348 e. The number of rotatable bonds is 5. The molecule has 0 saturated heterocycles. The summed E-state index contributed by atoms with van der Waals surface area (Å²) in [5, 5.41) is 0.627. The van der Waals surface area contributed by atoms with E-state index < -0.39 is 30.6 Å². The van der Waals surface area contributed by atoms with Gasteiger partial charge >= 0.3 is 5.97 Å². The fraction of sp³-hybridized carbons (Fsp3) is 0.167. The van der Waals surface area contributed by atoms with E-state index in [0.717, 1.165) is 4.90 Å². The molecular formula is C18H12Cl3NO5. The maximum atomic E-state index is 12.2. The molecular weight excluding hydrogens is 417 g/mol. The van der Waals surface area contributed by atoms with Crippen LogP contribution in [0.4, 0.5) is 0 Å². The third-order valence-corrected chi connectivity index (χ3v) is 4.84. The normalized spacial score (nSPS) is 14.1. The van der Waals surface area contributed by atoms with E-state index in [4.69, 9.17) is 44.3 Å². The molecule has 1 atom stereocenters. The van der Waals surface area contributed by atoms with Gasteiger partial charge in [0.25, 0.3) is 11.8 Å². The molecule has 0 aromatic heterocycles. The van der Waals surface area contributed by atoms with Gasteiger partial charge in [-0.3, -0.25) is 9.59 Å². The molecule has 27 heavy (non-hydrogen) atoms. The largest absolute Gasteiger partial charge is 0.477 e. The molecule has 1 heterocycles. The van der Waals surface area contributed by atoms with Gasteiger partial charge in [0.1, 0.15) is 5.75 Å². The second-order valence-electron chi connectivity index (χ2n) is 5.63. The van der Waals surface area contributed by atoms with Crippen LogP contribution in [0.5, 0.6) is 5.75 Å². The van der Waals surface area contributed by atoms with E-state index in [0.29, 0.717) is 0 Å². The minimum Gasteiger partial charge on any atom is -0.477 e. The van der Waals surface area contributed by atoms with E-state index in [2.05, 4.69) is 0 Å². The van der Waals surface area contributed by atoms with Gasteiger partial charge in [-0.25, -0.2) is 9.69 Å². The number of amides is 2. The Balaban J connectivity index is 1.62. The zero-order chi connectivity index (χ0) is 19.7. The Morgan fingerprint density at radius 1 is 1.00 bits per heavy atom. The second-order valence-corrected chi connectivity index (χ2v) is 6.85. The Bertz CT molecular complexity index is 912. The van der Waals surface area contributed by atoms with Crippen molar-refractivity contribution in [3.63, 3.8) is 0 Å². The predicted molar refractivity (Wildman–Crippen MR) is 99.5 cm³/mol. The number of ether oxygens (including phenoxy) is 2. The third kappa shape index (κ3) is 3.88. The standard InChI is InChI=1S/C18H12Cl3NO5/c1-9(27-15-7-13(20)12(19)6-14(15)21)18(25)26-8-22-16(23)10-4-2-3-5-11(10)17(22)24/h2-7,9H,8H2,1H3. The van der Waals surface area contributed by atoms with E-state index in [-0.39, 0.29) is 31.9 Å². The SMILES string of the molecule is CC(Oc1cc(Cl)c(Cl)cc1Cl)C(=O)OCN1C(=O)c2ccccc2C1=O. The first kappa shape index (κ1) is 19.5. The summed E-state index contributed by atoms with van der Waals surface area (Å²) in [6, 6.07) is 9.13. The van der Waals surface area contributed by atoms with Crippen LogP contribution in [-0.4, -0.2) is 35.5 Å². The summed E-state index contributed by atoms with van der Waals surface area (Å²) >= 11 is 17.7. The van der Waals surface area contributed by atoms with Crippen LogP contribution in [0.2, 0.25) is 15.1 Å². The molecule has 3 rings (SSSR count). The molecule has 0 saturated carbocycles. The number of benzene rings is 2. The average molecular weight is 429 g/mol. The lowest BCUT2D eigenvalue weighted by atomic mass is 10.1. The Morgan fingerprint density at radius 2 is 1.56 bits per heavy atom. The highest BCUT2D eigenvalue weighted by molar-refractivity contribution is 6.43. The lowest BCUT2D eigenvalue weighted by Gasteiger charge is -2.18. The average Bonchev–Trinajstić information content (AvgIpc) is 2.88. The van der Waals surface area contributed by atoms with Gasteiger partial charge in [-0.15, -0.1) is 0 Å². The summed E-state index contributed by atoms with van der Waals surface area (Å²) in [7, 11) is 0. The number of carbonyl (C=O) groups excluding carboxylic acids is 3. The molecule has 0 N–H and O–H groups in total. The van der Waals surface area contributed by atoms with Crippen molar-refractivity contribution in [2.45, 2.75) is 13.0 Å². The first-order valence-electron chi connectivity index (χ1n) is 7.72. The van der Waals surface area contributed by atoms with Crippen LogP contribution in [-0.2, 0) is 9.53 Å². The smallest absolute Gasteiger partial charge is 0.348 e. The molecule has 140 valence electrons. The zero-order valence-electron chi connectivity index (χ0n) is 13.9. The molecule has 2 aromatic carbocycles. The number of hydrogen-bond donors (Lipinski definition) is 0. The fourth-order valence-corrected chi connectivity index (χ4v) is 3.02. The molecule has 0 fully saturated rings. The Labute approximate surface area is 169 Å². The number of imide groups is 1. The molecule has 0 aliphatic carbocycles. The van der Waals surface area contributed by atoms with Gasteiger partial charge < -0.3 is 9.47 Å². The van der Waals surface area contributed by atoms with Crippen LogP contribution in [0.3, 0.4) is 0 Å². The summed E-state index contributed by atoms with van der Waals surface area (Å²) in [5.41, 5.74) is 0.538. The zero-order valence-corrected chi connectivity index (χ0v) is 16.1. The van der Waals surface area contributed by atoms with Crippen molar-refractivity contribution in [2.24, 2.45) is 0 Å². The van der Waals surface area contributed by atoms with Crippen LogP contribution in [0.1, 0.15) is 27.6 Å². The first-order chi connectivity index (χ1) is 12.8. The molecule has 0 spiro atoms. The highest BCUT2D eigenvalue weighted by atomic mass is 35.5. The fourth-order valence-electron chi connectivity index (χ4n) is 2.44. The maximum absolute atomic E-state index is 12.2. The number of halogens is 3. The van der Waals surface area contributed by atoms with Crippen LogP contribution in [0, 0.1) is 0 Å². The summed E-state index contributed by atoms with van der Waals surface area (Å²) in [6.07, 6.45) is -1.06. The van der Waals surface area contributed by atoms with Gasteiger partial charge in [0, 0.05) is 6.07 Å². The minimum absolute atomic E-state index is 0.149. The Hall–Kier alpha value is -2.28. The van der Waals surface area contributed by atoms with Crippen LogP contribution in [0.15, 0.2) is 36.4 Å². The first-order valence-corrected chi connectivity index (χ1v) is 8.86. The summed E-state index contributed by atoms with van der Waals surface area (Å²) < 4.78 is 10.5. The quantitative estimate of drug-likeness (QED) is 0.405. The number of hydrogen-bond acceptors (Lipinski definition) is 5. The van der Waals surface area contributed by atoms with Crippen molar-refractivity contribution < 1.29 is 23.9 Å². The molecule has 1 unspecified atom stereocenters. The molecule has 1 aliphatic heterocycles. The van der Waals surface area contributed by atoms with Crippen molar-refractivity contribution in [1.29, 1.82) is 0 Å². The van der Waals surface area contributed by atoms with Gasteiger partial charge in [-0.05, 0) is 25.1 Å². The highest BCUT2D eigenvalue weighted by Gasteiger charge is 2.36. The number of carbonyl (C=O) groups is 3. The number of fused-ring (bicyclic) bond motifs is 1. The van der Waals surface area contributed by atoms with Crippen molar-refractivity contribution in [3.8, 4) is 5.75 Å². The molecule has 9 heteroatoms. The Kier molecular flexibility index (Phi) is 5.60. The van der Waals surface area contributed by atoms with Crippen LogP contribution in [0.25, 0.3) is 0 Å². The van der Waals surface area contributed by atoms with Gasteiger partial charge in [-0.1, -0.05) is 46.9 Å². The monoisotopic (exact) mass is 427 g/mol. The van der Waals surface area contributed by atoms with Gasteiger partial charge in [0.2, 0.25) is 0 Å². The lowest BCUT2D eigenvalue weighted by molar-refractivity contribution is -0.153. The van der Waals surface area contributed by atoms with Crippen LogP contribution < -0.4 is 4.74 Å². The number of esters is 1. The number of nitrogens with zero attached hydrogens (tertiary/aromatic N) is 1. The van der Waals surface area contributed by atoms with E-state index in [9.17, 15) is 14.4 Å². The lowest BCUT2D eigenvalue weighted by Crippen LogP contribution is -2.36. The van der Waals surface area contributed by atoms with Crippen molar-refractivity contribution >= 4 is 52.6 Å². The molecule has 0 radical (unpaired) electrons.